The Morgan fingerprint density at radius 2 is 2.24 bits per heavy atom. The fourth-order valence-electron chi connectivity index (χ4n) is 2.65. The van der Waals surface area contributed by atoms with E-state index >= 15 is 0 Å². The molecule has 1 aromatic carbocycles. The highest BCUT2D eigenvalue weighted by molar-refractivity contribution is 6.07. The van der Waals surface area contributed by atoms with Gasteiger partial charge in [-0.2, -0.15) is 0 Å². The molecule has 0 heterocycles. The maximum atomic E-state index is 13.0. The van der Waals surface area contributed by atoms with E-state index in [0.29, 0.717) is 25.8 Å². The zero-order valence-electron chi connectivity index (χ0n) is 12.0. The van der Waals surface area contributed by atoms with Crippen LogP contribution in [-0.2, 0) is 11.2 Å². The summed E-state index contributed by atoms with van der Waals surface area (Å²) >= 11 is 0. The molecule has 0 aliphatic heterocycles. The lowest BCUT2D eigenvalue weighted by Crippen LogP contribution is -2.54. The van der Waals surface area contributed by atoms with Gasteiger partial charge in [0.2, 0.25) is 5.91 Å². The molecule has 0 bridgehead atoms. The molecule has 114 valence electrons. The third-order valence-corrected chi connectivity index (χ3v) is 4.22. The van der Waals surface area contributed by atoms with Crippen LogP contribution in [0.25, 0.3) is 0 Å². The van der Waals surface area contributed by atoms with E-state index in [-0.39, 0.29) is 17.6 Å². The minimum Gasteiger partial charge on any atom is -0.409 e. The Hall–Kier alpha value is -2.11. The predicted octanol–water partition coefficient (Wildman–Crippen LogP) is 1.71. The number of nitrogens with zero attached hydrogens (tertiary/aromatic N) is 1. The van der Waals surface area contributed by atoms with Crippen LogP contribution in [0.1, 0.15) is 30.4 Å². The fourth-order valence-corrected chi connectivity index (χ4v) is 2.65. The number of benzene rings is 1. The van der Waals surface area contributed by atoms with Crippen LogP contribution >= 0.6 is 0 Å². The third-order valence-electron chi connectivity index (χ3n) is 4.22. The van der Waals surface area contributed by atoms with E-state index in [1.54, 1.807) is 6.07 Å². The van der Waals surface area contributed by atoms with E-state index in [9.17, 15) is 9.18 Å². The molecular formula is C15H20FN3O2. The van der Waals surface area contributed by atoms with Crippen molar-refractivity contribution in [2.75, 3.05) is 6.54 Å². The van der Waals surface area contributed by atoms with Crippen LogP contribution in [0.3, 0.4) is 0 Å². The molecule has 1 saturated carbocycles. The Morgan fingerprint density at radius 3 is 2.76 bits per heavy atom. The van der Waals surface area contributed by atoms with Crippen molar-refractivity contribution in [2.45, 2.75) is 32.6 Å². The molecule has 0 aromatic heterocycles. The number of carbonyl (C=O) groups is 1. The van der Waals surface area contributed by atoms with E-state index < -0.39 is 5.41 Å². The lowest BCUT2D eigenvalue weighted by molar-refractivity contribution is -0.131. The molecule has 0 unspecified atom stereocenters. The summed E-state index contributed by atoms with van der Waals surface area (Å²) < 4.78 is 13.0. The number of carbonyl (C=O) groups excluding carboxylic acids is 1. The molecule has 5 nitrogen and oxygen atoms in total. The summed E-state index contributed by atoms with van der Waals surface area (Å²) in [5, 5.41) is 14.6. The number of halogens is 1. The van der Waals surface area contributed by atoms with Gasteiger partial charge in [-0.05, 0) is 49.4 Å². The number of hydrogen-bond donors (Lipinski definition) is 3. The lowest BCUT2D eigenvalue weighted by atomic mass is 9.67. The maximum Gasteiger partial charge on any atom is 0.233 e. The van der Waals surface area contributed by atoms with Crippen LogP contribution in [0.4, 0.5) is 4.39 Å². The van der Waals surface area contributed by atoms with Gasteiger partial charge in [0.1, 0.15) is 11.2 Å². The second-order valence-corrected chi connectivity index (χ2v) is 5.50. The zero-order chi connectivity index (χ0) is 15.5. The summed E-state index contributed by atoms with van der Waals surface area (Å²) in [5.41, 5.74) is 6.63. The summed E-state index contributed by atoms with van der Waals surface area (Å²) in [6.07, 6.45) is 2.71. The topological polar surface area (TPSA) is 87.7 Å². The van der Waals surface area contributed by atoms with Gasteiger partial charge in [0.15, 0.2) is 5.84 Å². The molecule has 1 aliphatic carbocycles. The summed E-state index contributed by atoms with van der Waals surface area (Å²) in [7, 11) is 0. The fraction of sp³-hybridized carbons (Fsp3) is 0.467. The number of oxime groups is 1. The normalized spacial score (nSPS) is 17.1. The first kappa shape index (κ1) is 15.3. The van der Waals surface area contributed by atoms with Gasteiger partial charge in [0.05, 0.1) is 0 Å². The van der Waals surface area contributed by atoms with Gasteiger partial charge in [-0.3, -0.25) is 4.79 Å². The number of hydrogen-bond acceptors (Lipinski definition) is 3. The van der Waals surface area contributed by atoms with Crippen LogP contribution < -0.4 is 11.1 Å². The molecule has 4 N–H and O–H groups in total. The van der Waals surface area contributed by atoms with Crippen LogP contribution in [0.5, 0.6) is 0 Å². The summed E-state index contributed by atoms with van der Waals surface area (Å²) in [4.78, 5) is 12.2. The molecule has 6 heteroatoms. The molecule has 2 rings (SSSR count). The minimum atomic E-state index is -0.855. The van der Waals surface area contributed by atoms with Crippen molar-refractivity contribution < 1.29 is 14.4 Å². The first-order chi connectivity index (χ1) is 9.99. The standard InChI is InChI=1S/C15H20FN3O2/c1-10-9-12(16)4-3-11(10)5-8-18-14(20)15(6-2-7-15)13(17)19-21/h3-4,9,21H,2,5-8H2,1H3,(H2,17,19)(H,18,20). The molecule has 1 aromatic rings. The lowest BCUT2D eigenvalue weighted by Gasteiger charge is -2.38. The first-order valence-electron chi connectivity index (χ1n) is 7.01. The quantitative estimate of drug-likeness (QED) is 0.334. The SMILES string of the molecule is Cc1cc(F)ccc1CCNC(=O)C1(/C(N)=N/O)CCC1. The number of rotatable bonds is 5. The van der Waals surface area contributed by atoms with Gasteiger partial charge < -0.3 is 16.3 Å². The average Bonchev–Trinajstić information content (AvgIpc) is 2.39. The van der Waals surface area contributed by atoms with Gasteiger partial charge in [0.25, 0.3) is 0 Å². The second-order valence-electron chi connectivity index (χ2n) is 5.50. The Labute approximate surface area is 123 Å². The monoisotopic (exact) mass is 293 g/mol. The van der Waals surface area contributed by atoms with E-state index in [1.807, 2.05) is 6.92 Å². The van der Waals surface area contributed by atoms with E-state index in [2.05, 4.69) is 10.5 Å². The largest absolute Gasteiger partial charge is 0.409 e. The second kappa shape index (κ2) is 6.11. The van der Waals surface area contributed by atoms with Gasteiger partial charge in [-0.15, -0.1) is 0 Å². The molecule has 0 radical (unpaired) electrons. The van der Waals surface area contributed by atoms with Crippen LogP contribution in [0, 0.1) is 18.2 Å². The van der Waals surface area contributed by atoms with Crippen molar-refractivity contribution in [3.63, 3.8) is 0 Å². The molecule has 1 fully saturated rings. The highest BCUT2D eigenvalue weighted by Gasteiger charge is 2.48. The number of nitrogens with one attached hydrogen (secondary N) is 1. The Morgan fingerprint density at radius 1 is 1.52 bits per heavy atom. The van der Waals surface area contributed by atoms with Crippen molar-refractivity contribution >= 4 is 11.7 Å². The predicted molar refractivity (Wildman–Crippen MR) is 77.5 cm³/mol. The summed E-state index contributed by atoms with van der Waals surface area (Å²) in [6, 6.07) is 4.61. The zero-order valence-corrected chi connectivity index (χ0v) is 12.0. The van der Waals surface area contributed by atoms with Crippen LogP contribution in [0.2, 0.25) is 0 Å². The van der Waals surface area contributed by atoms with Gasteiger partial charge in [-0.25, -0.2) is 4.39 Å². The average molecular weight is 293 g/mol. The van der Waals surface area contributed by atoms with Crippen molar-refractivity contribution in [3.05, 3.63) is 35.1 Å². The maximum absolute atomic E-state index is 13.0. The highest BCUT2D eigenvalue weighted by Crippen LogP contribution is 2.41. The van der Waals surface area contributed by atoms with Gasteiger partial charge >= 0.3 is 0 Å². The number of nitrogens with two attached hydrogens (primary N) is 1. The molecule has 0 saturated heterocycles. The summed E-state index contributed by atoms with van der Waals surface area (Å²) in [6.45, 7) is 2.27. The van der Waals surface area contributed by atoms with Crippen molar-refractivity contribution in [3.8, 4) is 0 Å². The van der Waals surface area contributed by atoms with E-state index in [1.165, 1.54) is 12.1 Å². The van der Waals surface area contributed by atoms with Gasteiger partial charge in [0, 0.05) is 6.54 Å². The molecular weight excluding hydrogens is 273 g/mol. The summed E-state index contributed by atoms with van der Waals surface area (Å²) in [5.74, 6) is -0.492. The third kappa shape index (κ3) is 2.99. The van der Waals surface area contributed by atoms with E-state index in [4.69, 9.17) is 10.9 Å². The smallest absolute Gasteiger partial charge is 0.233 e. The molecule has 0 atom stereocenters. The van der Waals surface area contributed by atoms with Crippen molar-refractivity contribution in [1.29, 1.82) is 0 Å². The van der Waals surface area contributed by atoms with Crippen molar-refractivity contribution in [1.82, 2.24) is 5.32 Å². The first-order valence-corrected chi connectivity index (χ1v) is 7.01. The van der Waals surface area contributed by atoms with E-state index in [0.717, 1.165) is 17.5 Å². The number of aryl methyl sites for hydroxylation is 1. The minimum absolute atomic E-state index is 0.0239. The number of amides is 1. The van der Waals surface area contributed by atoms with Gasteiger partial charge in [-0.1, -0.05) is 17.6 Å². The highest BCUT2D eigenvalue weighted by atomic mass is 19.1. The van der Waals surface area contributed by atoms with Crippen LogP contribution in [-0.4, -0.2) is 23.5 Å². The van der Waals surface area contributed by atoms with Crippen molar-refractivity contribution in [2.24, 2.45) is 16.3 Å². The number of amidine groups is 1. The molecule has 1 aliphatic rings. The molecule has 1 amide bonds. The Kier molecular flexibility index (Phi) is 4.45. The Balaban J connectivity index is 1.92. The molecule has 0 spiro atoms. The Bertz CT molecular complexity index is 568. The molecule has 21 heavy (non-hydrogen) atoms. The van der Waals surface area contributed by atoms with Crippen LogP contribution in [0.15, 0.2) is 23.4 Å².